The van der Waals surface area contributed by atoms with Crippen LogP contribution in [0.25, 0.3) is 0 Å². The fourth-order valence-corrected chi connectivity index (χ4v) is 6.62. The molecule has 31 heavy (non-hydrogen) atoms. The molecule has 0 bridgehead atoms. The van der Waals surface area contributed by atoms with Gasteiger partial charge in [0.05, 0.1) is 17.6 Å². The highest BCUT2D eigenvalue weighted by molar-refractivity contribution is 7.89. The molecule has 166 valence electrons. The molecule has 1 amide bonds. The standard InChI is InChI=1S/C21H26FN5O3S/c22-17-11-18(13-26-14-20(23-24-26)21(28)25-8-1-2-9-25)27(12-17)31(29,30)19-7-6-15-4-3-5-16(15)10-19/h6-7,10,14,17-18H,1-5,8-9,11-13H2/t17-,18-/m0/s1. The van der Waals surface area contributed by atoms with Crippen molar-refractivity contribution >= 4 is 15.9 Å². The third-order valence-electron chi connectivity index (χ3n) is 6.54. The number of likely N-dealkylation sites (tertiary alicyclic amines) is 1. The Morgan fingerprint density at radius 1 is 1.13 bits per heavy atom. The number of hydrogen-bond acceptors (Lipinski definition) is 5. The molecule has 8 nitrogen and oxygen atoms in total. The van der Waals surface area contributed by atoms with Crippen molar-refractivity contribution in [3.05, 3.63) is 41.2 Å². The van der Waals surface area contributed by atoms with Crippen molar-refractivity contribution in [3.8, 4) is 0 Å². The van der Waals surface area contributed by atoms with Crippen molar-refractivity contribution in [2.45, 2.75) is 62.2 Å². The van der Waals surface area contributed by atoms with E-state index in [9.17, 15) is 17.6 Å². The summed E-state index contributed by atoms with van der Waals surface area (Å²) in [6.45, 7) is 1.42. The lowest BCUT2D eigenvalue weighted by Crippen LogP contribution is -2.38. The van der Waals surface area contributed by atoms with Crippen molar-refractivity contribution in [2.24, 2.45) is 0 Å². The first-order valence-electron chi connectivity index (χ1n) is 10.9. The maximum atomic E-state index is 14.3. The molecule has 2 aliphatic heterocycles. The lowest BCUT2D eigenvalue weighted by atomic mass is 10.1. The Morgan fingerprint density at radius 3 is 2.71 bits per heavy atom. The van der Waals surface area contributed by atoms with Gasteiger partial charge in [0, 0.05) is 25.7 Å². The van der Waals surface area contributed by atoms with Crippen LogP contribution in [0.3, 0.4) is 0 Å². The van der Waals surface area contributed by atoms with Crippen molar-refractivity contribution in [3.63, 3.8) is 0 Å². The number of alkyl halides is 1. The monoisotopic (exact) mass is 447 g/mol. The van der Waals surface area contributed by atoms with E-state index in [4.69, 9.17) is 0 Å². The van der Waals surface area contributed by atoms with Gasteiger partial charge in [0.15, 0.2) is 5.69 Å². The lowest BCUT2D eigenvalue weighted by molar-refractivity contribution is 0.0787. The number of halogens is 1. The van der Waals surface area contributed by atoms with Crippen LogP contribution in [-0.4, -0.2) is 70.4 Å². The fourth-order valence-electron chi connectivity index (χ4n) is 4.92. The van der Waals surface area contributed by atoms with Gasteiger partial charge in [-0.3, -0.25) is 9.48 Å². The molecule has 2 atom stereocenters. The van der Waals surface area contributed by atoms with Crippen molar-refractivity contribution in [1.29, 1.82) is 0 Å². The highest BCUT2D eigenvalue weighted by Gasteiger charge is 2.41. The highest BCUT2D eigenvalue weighted by Crippen LogP contribution is 2.31. The van der Waals surface area contributed by atoms with Crippen molar-refractivity contribution in [1.82, 2.24) is 24.2 Å². The van der Waals surface area contributed by atoms with Gasteiger partial charge in [-0.15, -0.1) is 5.10 Å². The zero-order valence-corrected chi connectivity index (χ0v) is 18.1. The summed E-state index contributed by atoms with van der Waals surface area (Å²) < 4.78 is 43.7. The summed E-state index contributed by atoms with van der Waals surface area (Å²) in [7, 11) is -3.83. The fraction of sp³-hybridized carbons (Fsp3) is 0.571. The number of sulfonamides is 1. The van der Waals surface area contributed by atoms with Crippen molar-refractivity contribution < 1.29 is 17.6 Å². The van der Waals surface area contributed by atoms with Gasteiger partial charge in [0.25, 0.3) is 5.91 Å². The Labute approximate surface area is 181 Å². The minimum Gasteiger partial charge on any atom is -0.337 e. The smallest absolute Gasteiger partial charge is 0.276 e. The average molecular weight is 448 g/mol. The maximum Gasteiger partial charge on any atom is 0.276 e. The average Bonchev–Trinajstić information content (AvgIpc) is 3.54. The number of aromatic nitrogens is 3. The number of fused-ring (bicyclic) bond motifs is 1. The number of benzene rings is 1. The molecule has 1 aromatic heterocycles. The highest BCUT2D eigenvalue weighted by atomic mass is 32.2. The molecular weight excluding hydrogens is 421 g/mol. The van der Waals surface area contributed by atoms with E-state index in [2.05, 4.69) is 10.3 Å². The minimum absolute atomic E-state index is 0.0967. The first-order chi connectivity index (χ1) is 14.9. The van der Waals surface area contributed by atoms with Crippen LogP contribution in [0.4, 0.5) is 4.39 Å². The van der Waals surface area contributed by atoms with E-state index in [1.165, 1.54) is 20.7 Å². The van der Waals surface area contributed by atoms with Crippen molar-refractivity contribution in [2.75, 3.05) is 19.6 Å². The second-order valence-electron chi connectivity index (χ2n) is 8.67. The number of amides is 1. The molecule has 2 fully saturated rings. The van der Waals surface area contributed by atoms with Crippen LogP contribution in [0, 0.1) is 0 Å². The van der Waals surface area contributed by atoms with Gasteiger partial charge in [0.1, 0.15) is 6.17 Å². The van der Waals surface area contributed by atoms with Crippen LogP contribution in [0.2, 0.25) is 0 Å². The van der Waals surface area contributed by atoms with E-state index in [-0.39, 0.29) is 36.0 Å². The number of carbonyl (C=O) groups excluding carboxylic acids is 1. The van der Waals surface area contributed by atoms with Crippen LogP contribution in [0.1, 0.15) is 47.3 Å². The van der Waals surface area contributed by atoms with E-state index in [0.717, 1.165) is 37.7 Å². The molecule has 3 heterocycles. The third kappa shape index (κ3) is 3.87. The lowest BCUT2D eigenvalue weighted by Gasteiger charge is -2.23. The number of nitrogens with zero attached hydrogens (tertiary/aromatic N) is 5. The topological polar surface area (TPSA) is 88.4 Å². The Bertz CT molecular complexity index is 1100. The first kappa shape index (κ1) is 20.6. The number of carbonyl (C=O) groups is 1. The molecule has 2 saturated heterocycles. The zero-order chi connectivity index (χ0) is 21.6. The largest absolute Gasteiger partial charge is 0.337 e. The summed E-state index contributed by atoms with van der Waals surface area (Å²) in [5, 5.41) is 7.98. The minimum atomic E-state index is -3.83. The summed E-state index contributed by atoms with van der Waals surface area (Å²) in [4.78, 5) is 14.5. The number of hydrogen-bond donors (Lipinski definition) is 0. The SMILES string of the molecule is O=C(c1cn(C[C@@H]2C[C@H](F)CN2S(=O)(=O)c2ccc3c(c2)CCC3)nn1)N1CCCC1. The Morgan fingerprint density at radius 2 is 1.90 bits per heavy atom. The van der Waals surface area contributed by atoms with Crippen LogP contribution in [0.5, 0.6) is 0 Å². The van der Waals surface area contributed by atoms with E-state index in [0.29, 0.717) is 13.1 Å². The molecule has 2 aromatic rings. The van der Waals surface area contributed by atoms with Gasteiger partial charge in [-0.25, -0.2) is 12.8 Å². The molecule has 0 N–H and O–H groups in total. The van der Waals surface area contributed by atoms with E-state index in [1.54, 1.807) is 17.0 Å². The summed E-state index contributed by atoms with van der Waals surface area (Å²) in [5.74, 6) is -0.166. The second-order valence-corrected chi connectivity index (χ2v) is 10.6. The molecule has 1 aromatic carbocycles. The van der Waals surface area contributed by atoms with Crippen LogP contribution in [0.15, 0.2) is 29.3 Å². The Hall–Kier alpha value is -2.33. The molecule has 3 aliphatic rings. The molecule has 0 unspecified atom stereocenters. The van der Waals surface area contributed by atoms with Crippen LogP contribution >= 0.6 is 0 Å². The predicted octanol–water partition coefficient (Wildman–Crippen LogP) is 1.80. The quantitative estimate of drug-likeness (QED) is 0.698. The number of aryl methyl sites for hydroxylation is 2. The summed E-state index contributed by atoms with van der Waals surface area (Å²) in [6.07, 6.45) is 5.24. The summed E-state index contributed by atoms with van der Waals surface area (Å²) in [5.41, 5.74) is 2.50. The maximum absolute atomic E-state index is 14.3. The predicted molar refractivity (Wildman–Crippen MR) is 111 cm³/mol. The first-order valence-corrected chi connectivity index (χ1v) is 12.3. The van der Waals surface area contributed by atoms with E-state index >= 15 is 0 Å². The summed E-state index contributed by atoms with van der Waals surface area (Å²) in [6, 6.07) is 4.66. The molecule has 10 heteroatoms. The van der Waals surface area contributed by atoms with Gasteiger partial charge < -0.3 is 4.90 Å². The molecule has 5 rings (SSSR count). The van der Waals surface area contributed by atoms with Gasteiger partial charge >= 0.3 is 0 Å². The molecule has 0 radical (unpaired) electrons. The Kier molecular flexibility index (Phi) is 5.29. The van der Waals surface area contributed by atoms with E-state index < -0.39 is 22.2 Å². The normalized spacial score (nSPS) is 24.1. The molecule has 0 spiro atoms. The molecule has 0 saturated carbocycles. The summed E-state index contributed by atoms with van der Waals surface area (Å²) >= 11 is 0. The molecule has 1 aliphatic carbocycles. The van der Waals surface area contributed by atoms with Gasteiger partial charge in [0.2, 0.25) is 10.0 Å². The van der Waals surface area contributed by atoms with Gasteiger partial charge in [-0.05, 0) is 61.8 Å². The van der Waals surface area contributed by atoms with Gasteiger partial charge in [-0.2, -0.15) is 4.31 Å². The molecular formula is C21H26FN5O3S. The van der Waals surface area contributed by atoms with Gasteiger partial charge in [-0.1, -0.05) is 11.3 Å². The Balaban J connectivity index is 1.35. The van der Waals surface area contributed by atoms with E-state index in [1.807, 2.05) is 6.07 Å². The van der Waals surface area contributed by atoms with Crippen LogP contribution in [-0.2, 0) is 29.4 Å². The van der Waals surface area contributed by atoms with Crippen LogP contribution < -0.4 is 0 Å². The number of rotatable bonds is 5. The zero-order valence-electron chi connectivity index (χ0n) is 17.3. The second kappa shape index (κ2) is 7.98. The third-order valence-corrected chi connectivity index (χ3v) is 8.45.